The first kappa shape index (κ1) is 14.5. The summed E-state index contributed by atoms with van der Waals surface area (Å²) in [4.78, 5) is 0. The van der Waals surface area contributed by atoms with Crippen molar-refractivity contribution in [1.82, 2.24) is 5.32 Å². The molecular formula is C19H23N. The van der Waals surface area contributed by atoms with Crippen LogP contribution in [-0.2, 0) is 6.54 Å². The molecule has 20 heavy (non-hydrogen) atoms. The third-order valence-corrected chi connectivity index (χ3v) is 3.07. The lowest BCUT2D eigenvalue weighted by Crippen LogP contribution is -2.35. The minimum atomic E-state index is 0.159. The highest BCUT2D eigenvalue weighted by Crippen LogP contribution is 2.10. The van der Waals surface area contributed by atoms with Gasteiger partial charge in [0.25, 0.3) is 0 Å². The van der Waals surface area contributed by atoms with E-state index in [0.29, 0.717) is 0 Å². The van der Waals surface area contributed by atoms with Crippen LogP contribution in [0.2, 0.25) is 0 Å². The van der Waals surface area contributed by atoms with Gasteiger partial charge in [-0.05, 0) is 37.5 Å². The quantitative estimate of drug-likeness (QED) is 0.787. The van der Waals surface area contributed by atoms with E-state index in [1.807, 2.05) is 6.07 Å². The number of rotatable bonds is 4. The molecule has 0 heterocycles. The Kier molecular flexibility index (Phi) is 4.75. The molecule has 0 aliphatic rings. The van der Waals surface area contributed by atoms with Crippen LogP contribution < -0.4 is 5.32 Å². The molecule has 0 amide bonds. The van der Waals surface area contributed by atoms with Gasteiger partial charge in [0.05, 0.1) is 0 Å². The topological polar surface area (TPSA) is 12.0 Å². The van der Waals surface area contributed by atoms with E-state index in [0.717, 1.165) is 6.54 Å². The Bertz CT molecular complexity index is 545. The highest BCUT2D eigenvalue weighted by molar-refractivity contribution is 5.69. The highest BCUT2D eigenvalue weighted by atomic mass is 14.9. The van der Waals surface area contributed by atoms with Crippen LogP contribution in [0.15, 0.2) is 54.6 Å². The minimum Gasteiger partial charge on any atom is -0.308 e. The largest absolute Gasteiger partial charge is 0.308 e. The predicted molar refractivity (Wildman–Crippen MR) is 88.4 cm³/mol. The van der Waals surface area contributed by atoms with Gasteiger partial charge in [0.2, 0.25) is 0 Å². The summed E-state index contributed by atoms with van der Waals surface area (Å²) in [6, 6.07) is 19.1. The third-order valence-electron chi connectivity index (χ3n) is 3.07. The molecule has 0 aromatic heterocycles. The minimum absolute atomic E-state index is 0.159. The molecule has 0 aliphatic carbocycles. The van der Waals surface area contributed by atoms with Crippen molar-refractivity contribution in [3.8, 4) is 0 Å². The first-order valence-corrected chi connectivity index (χ1v) is 7.10. The molecule has 0 bridgehead atoms. The van der Waals surface area contributed by atoms with Crippen molar-refractivity contribution in [3.05, 3.63) is 71.3 Å². The van der Waals surface area contributed by atoms with Crippen molar-refractivity contribution in [3.63, 3.8) is 0 Å². The zero-order chi connectivity index (χ0) is 14.4. The average Bonchev–Trinajstić information content (AvgIpc) is 2.44. The molecule has 0 radical (unpaired) electrons. The maximum absolute atomic E-state index is 3.50. The lowest BCUT2D eigenvalue weighted by molar-refractivity contribution is 0.424. The van der Waals surface area contributed by atoms with Crippen molar-refractivity contribution >= 4 is 12.2 Å². The Labute approximate surface area is 122 Å². The van der Waals surface area contributed by atoms with Crippen LogP contribution >= 0.6 is 0 Å². The molecule has 1 heteroatoms. The summed E-state index contributed by atoms with van der Waals surface area (Å²) in [7, 11) is 0. The predicted octanol–water partition coefficient (Wildman–Crippen LogP) is 4.75. The van der Waals surface area contributed by atoms with Crippen molar-refractivity contribution in [2.75, 3.05) is 0 Å². The van der Waals surface area contributed by atoms with E-state index < -0.39 is 0 Å². The van der Waals surface area contributed by atoms with Gasteiger partial charge in [-0.3, -0.25) is 0 Å². The molecule has 0 unspecified atom stereocenters. The van der Waals surface area contributed by atoms with Gasteiger partial charge in [-0.25, -0.2) is 0 Å². The first-order valence-electron chi connectivity index (χ1n) is 7.10. The monoisotopic (exact) mass is 265 g/mol. The van der Waals surface area contributed by atoms with Crippen LogP contribution in [0.3, 0.4) is 0 Å². The summed E-state index contributed by atoms with van der Waals surface area (Å²) in [6.07, 6.45) is 4.29. The number of hydrogen-bond acceptors (Lipinski definition) is 1. The Morgan fingerprint density at radius 3 is 1.90 bits per heavy atom. The van der Waals surface area contributed by atoms with Gasteiger partial charge in [-0.1, -0.05) is 66.7 Å². The van der Waals surface area contributed by atoms with E-state index in [4.69, 9.17) is 0 Å². The molecule has 0 atom stereocenters. The normalized spacial score (nSPS) is 11.9. The number of nitrogens with one attached hydrogen (secondary N) is 1. The Balaban J connectivity index is 1.96. The van der Waals surface area contributed by atoms with E-state index in [1.54, 1.807) is 0 Å². The van der Waals surface area contributed by atoms with Crippen LogP contribution in [0.4, 0.5) is 0 Å². The van der Waals surface area contributed by atoms with Gasteiger partial charge < -0.3 is 5.32 Å². The molecule has 1 nitrogen and oxygen atoms in total. The zero-order valence-electron chi connectivity index (χ0n) is 12.6. The Morgan fingerprint density at radius 2 is 1.35 bits per heavy atom. The Hall–Kier alpha value is -1.86. The van der Waals surface area contributed by atoms with E-state index in [9.17, 15) is 0 Å². The standard InChI is InChI=1S/C19H23N/c1-19(2,3)20-15-18-13-11-17(12-14-18)10-9-16-7-5-4-6-8-16/h4-14,20H,15H2,1-3H3/b10-9+. The second-order valence-corrected chi connectivity index (χ2v) is 6.09. The average molecular weight is 265 g/mol. The smallest absolute Gasteiger partial charge is 0.0210 e. The molecule has 0 saturated carbocycles. The fourth-order valence-corrected chi connectivity index (χ4v) is 1.87. The summed E-state index contributed by atoms with van der Waals surface area (Å²) >= 11 is 0. The van der Waals surface area contributed by atoms with Crippen molar-refractivity contribution in [2.45, 2.75) is 32.9 Å². The summed E-state index contributed by atoms with van der Waals surface area (Å²) in [5.74, 6) is 0. The zero-order valence-corrected chi connectivity index (χ0v) is 12.6. The van der Waals surface area contributed by atoms with E-state index >= 15 is 0 Å². The summed E-state index contributed by atoms with van der Waals surface area (Å²) < 4.78 is 0. The fourth-order valence-electron chi connectivity index (χ4n) is 1.87. The SMILES string of the molecule is CC(C)(C)NCc1ccc(/C=C/c2ccccc2)cc1. The Morgan fingerprint density at radius 1 is 0.800 bits per heavy atom. The second kappa shape index (κ2) is 6.53. The van der Waals surface area contributed by atoms with Crippen LogP contribution in [0.1, 0.15) is 37.5 Å². The molecule has 0 spiro atoms. The highest BCUT2D eigenvalue weighted by Gasteiger charge is 2.07. The van der Waals surface area contributed by atoms with Crippen molar-refractivity contribution in [1.29, 1.82) is 0 Å². The van der Waals surface area contributed by atoms with E-state index in [1.165, 1.54) is 16.7 Å². The molecule has 2 aromatic rings. The van der Waals surface area contributed by atoms with Gasteiger partial charge >= 0.3 is 0 Å². The van der Waals surface area contributed by atoms with Crippen LogP contribution in [0, 0.1) is 0 Å². The first-order chi connectivity index (χ1) is 9.53. The van der Waals surface area contributed by atoms with Gasteiger partial charge in [0.15, 0.2) is 0 Å². The van der Waals surface area contributed by atoms with Crippen molar-refractivity contribution < 1.29 is 0 Å². The van der Waals surface area contributed by atoms with Gasteiger partial charge in [0.1, 0.15) is 0 Å². The third kappa shape index (κ3) is 5.02. The number of benzene rings is 2. The lowest BCUT2D eigenvalue weighted by Gasteiger charge is -2.20. The molecule has 1 N–H and O–H groups in total. The van der Waals surface area contributed by atoms with E-state index in [2.05, 4.69) is 86.8 Å². The van der Waals surface area contributed by atoms with Crippen LogP contribution in [-0.4, -0.2) is 5.54 Å². The van der Waals surface area contributed by atoms with Crippen molar-refractivity contribution in [2.24, 2.45) is 0 Å². The summed E-state index contributed by atoms with van der Waals surface area (Å²) in [5.41, 5.74) is 3.93. The molecule has 104 valence electrons. The molecule has 2 aromatic carbocycles. The summed E-state index contributed by atoms with van der Waals surface area (Å²) in [5, 5.41) is 3.50. The maximum atomic E-state index is 3.50. The van der Waals surface area contributed by atoms with Crippen LogP contribution in [0.5, 0.6) is 0 Å². The molecule has 0 fully saturated rings. The van der Waals surface area contributed by atoms with Gasteiger partial charge in [-0.15, -0.1) is 0 Å². The van der Waals surface area contributed by atoms with E-state index in [-0.39, 0.29) is 5.54 Å². The number of hydrogen-bond donors (Lipinski definition) is 1. The molecule has 2 rings (SSSR count). The summed E-state index contributed by atoms with van der Waals surface area (Å²) in [6.45, 7) is 7.46. The lowest BCUT2D eigenvalue weighted by atomic mass is 10.1. The molecular weight excluding hydrogens is 242 g/mol. The van der Waals surface area contributed by atoms with Crippen LogP contribution in [0.25, 0.3) is 12.2 Å². The fraction of sp³-hybridized carbons (Fsp3) is 0.263. The molecule has 0 aliphatic heterocycles. The second-order valence-electron chi connectivity index (χ2n) is 6.09. The van der Waals surface area contributed by atoms with Gasteiger partial charge in [-0.2, -0.15) is 0 Å². The van der Waals surface area contributed by atoms with Gasteiger partial charge in [0, 0.05) is 12.1 Å². The maximum Gasteiger partial charge on any atom is 0.0210 e. The molecule has 0 saturated heterocycles.